The number of H-pyrrole nitrogens is 1. The fourth-order valence-electron chi connectivity index (χ4n) is 1.96. The molecule has 0 saturated carbocycles. The van der Waals surface area contributed by atoms with Crippen LogP contribution in [0, 0.1) is 6.92 Å². The van der Waals surface area contributed by atoms with Gasteiger partial charge in [-0.3, -0.25) is 5.10 Å². The van der Waals surface area contributed by atoms with E-state index in [2.05, 4.69) is 20.2 Å². The Morgan fingerprint density at radius 1 is 1.47 bits per heavy atom. The highest BCUT2D eigenvalue weighted by atomic mass is 32.2. The normalized spacial score (nSPS) is 18.4. The highest BCUT2D eigenvalue weighted by Gasteiger charge is 2.26. The van der Waals surface area contributed by atoms with Gasteiger partial charge in [0.15, 0.2) is 0 Å². The molecular formula is C10H18N4O2S. The van der Waals surface area contributed by atoms with Gasteiger partial charge < -0.3 is 5.32 Å². The Kier molecular flexibility index (Phi) is 3.80. The molecule has 3 N–H and O–H groups in total. The van der Waals surface area contributed by atoms with Gasteiger partial charge in [-0.05, 0) is 32.9 Å². The van der Waals surface area contributed by atoms with Gasteiger partial charge in [-0.1, -0.05) is 0 Å². The first kappa shape index (κ1) is 12.5. The van der Waals surface area contributed by atoms with Crippen LogP contribution in [0.1, 0.15) is 24.1 Å². The van der Waals surface area contributed by atoms with Crippen LogP contribution < -0.4 is 10.0 Å². The molecule has 7 heteroatoms. The van der Waals surface area contributed by atoms with Crippen LogP contribution in [0.2, 0.25) is 0 Å². The first-order chi connectivity index (χ1) is 8.09. The molecule has 1 aliphatic rings. The second-order valence-electron chi connectivity index (χ2n) is 4.34. The van der Waals surface area contributed by atoms with Crippen molar-refractivity contribution in [3.05, 3.63) is 17.5 Å². The van der Waals surface area contributed by atoms with Gasteiger partial charge in [-0.2, -0.15) is 5.10 Å². The first-order valence-electron chi connectivity index (χ1n) is 5.77. The average molecular weight is 258 g/mol. The lowest BCUT2D eigenvalue weighted by atomic mass is 10.2. The molecule has 1 fully saturated rings. The van der Waals surface area contributed by atoms with E-state index in [-0.39, 0.29) is 5.25 Å². The number of hydrogen-bond donors (Lipinski definition) is 3. The molecule has 1 aliphatic heterocycles. The molecule has 0 bridgehead atoms. The maximum Gasteiger partial charge on any atom is 0.214 e. The van der Waals surface area contributed by atoms with Crippen LogP contribution in [0.3, 0.4) is 0 Å². The summed E-state index contributed by atoms with van der Waals surface area (Å²) in [7, 11) is -3.21. The topological polar surface area (TPSA) is 86.9 Å². The van der Waals surface area contributed by atoms with Crippen LogP contribution in [0.25, 0.3) is 0 Å². The third kappa shape index (κ3) is 3.05. The van der Waals surface area contributed by atoms with Gasteiger partial charge in [0.05, 0.1) is 11.4 Å². The molecule has 0 spiro atoms. The molecule has 1 aromatic rings. The van der Waals surface area contributed by atoms with Gasteiger partial charge in [-0.15, -0.1) is 0 Å². The molecule has 0 radical (unpaired) electrons. The Morgan fingerprint density at radius 3 is 2.76 bits per heavy atom. The van der Waals surface area contributed by atoms with Gasteiger partial charge >= 0.3 is 0 Å². The van der Waals surface area contributed by atoms with Gasteiger partial charge in [-0.25, -0.2) is 13.1 Å². The first-order valence-corrected chi connectivity index (χ1v) is 7.32. The minimum atomic E-state index is -3.21. The van der Waals surface area contributed by atoms with Crippen LogP contribution in [-0.4, -0.2) is 37.0 Å². The minimum Gasteiger partial charge on any atom is -0.317 e. The van der Waals surface area contributed by atoms with Crippen molar-refractivity contribution in [2.75, 3.05) is 13.1 Å². The van der Waals surface area contributed by atoms with Gasteiger partial charge in [0.2, 0.25) is 10.0 Å². The summed E-state index contributed by atoms with van der Waals surface area (Å²) in [5.74, 6) is 0. The Labute approximate surface area is 101 Å². The van der Waals surface area contributed by atoms with E-state index in [0.29, 0.717) is 19.4 Å². The van der Waals surface area contributed by atoms with Crippen molar-refractivity contribution in [3.8, 4) is 0 Å². The predicted octanol–water partition coefficient (Wildman–Crippen LogP) is -0.110. The van der Waals surface area contributed by atoms with E-state index in [0.717, 1.165) is 24.3 Å². The quantitative estimate of drug-likeness (QED) is 0.703. The molecule has 0 amide bonds. The Morgan fingerprint density at radius 2 is 2.18 bits per heavy atom. The standard InChI is InChI=1S/C10H18N4O2S/c1-8-9(6-12-14-8)7-13-17(15,16)10-2-4-11-5-3-10/h6,10-11,13H,2-5,7H2,1H3,(H,12,14). The summed E-state index contributed by atoms with van der Waals surface area (Å²) in [5.41, 5.74) is 1.79. The van der Waals surface area contributed by atoms with E-state index < -0.39 is 10.0 Å². The molecular weight excluding hydrogens is 240 g/mol. The summed E-state index contributed by atoms with van der Waals surface area (Å²) in [4.78, 5) is 0. The van der Waals surface area contributed by atoms with Crippen molar-refractivity contribution in [1.82, 2.24) is 20.2 Å². The summed E-state index contributed by atoms with van der Waals surface area (Å²) >= 11 is 0. The van der Waals surface area contributed by atoms with E-state index in [1.165, 1.54) is 0 Å². The molecule has 0 atom stereocenters. The van der Waals surface area contributed by atoms with Crippen molar-refractivity contribution in [3.63, 3.8) is 0 Å². The number of sulfonamides is 1. The van der Waals surface area contributed by atoms with Crippen LogP contribution in [0.15, 0.2) is 6.20 Å². The number of nitrogens with one attached hydrogen (secondary N) is 3. The van der Waals surface area contributed by atoms with Gasteiger partial charge in [0.1, 0.15) is 0 Å². The molecule has 96 valence electrons. The Bertz CT molecular complexity index is 462. The fraction of sp³-hybridized carbons (Fsp3) is 0.700. The number of hydrogen-bond acceptors (Lipinski definition) is 4. The highest BCUT2D eigenvalue weighted by Crippen LogP contribution is 2.13. The zero-order chi connectivity index (χ0) is 12.3. The molecule has 0 aromatic carbocycles. The van der Waals surface area contributed by atoms with E-state index in [1.54, 1.807) is 6.20 Å². The number of piperidine rings is 1. The molecule has 17 heavy (non-hydrogen) atoms. The smallest absolute Gasteiger partial charge is 0.214 e. The van der Waals surface area contributed by atoms with E-state index in [4.69, 9.17) is 0 Å². The number of aromatic nitrogens is 2. The minimum absolute atomic E-state index is 0.268. The monoisotopic (exact) mass is 258 g/mol. The van der Waals surface area contributed by atoms with Crippen LogP contribution in [-0.2, 0) is 16.6 Å². The third-order valence-corrected chi connectivity index (χ3v) is 5.02. The lowest BCUT2D eigenvalue weighted by Crippen LogP contribution is -2.41. The molecule has 0 aliphatic carbocycles. The van der Waals surface area contributed by atoms with Gasteiger partial charge in [0, 0.05) is 17.8 Å². The summed E-state index contributed by atoms with van der Waals surface area (Å²) in [6, 6.07) is 0. The molecule has 6 nitrogen and oxygen atoms in total. The van der Waals surface area contributed by atoms with Crippen molar-refractivity contribution in [2.24, 2.45) is 0 Å². The van der Waals surface area contributed by atoms with Crippen LogP contribution in [0.5, 0.6) is 0 Å². The number of aryl methyl sites for hydroxylation is 1. The average Bonchev–Trinajstić information content (AvgIpc) is 2.74. The second kappa shape index (κ2) is 5.16. The van der Waals surface area contributed by atoms with E-state index in [1.807, 2.05) is 6.92 Å². The largest absolute Gasteiger partial charge is 0.317 e. The maximum absolute atomic E-state index is 12.0. The van der Waals surface area contributed by atoms with E-state index >= 15 is 0 Å². The summed E-state index contributed by atoms with van der Waals surface area (Å²) in [6.45, 7) is 3.74. The molecule has 2 heterocycles. The summed E-state index contributed by atoms with van der Waals surface area (Å²) < 4.78 is 26.7. The van der Waals surface area contributed by atoms with Crippen molar-refractivity contribution in [2.45, 2.75) is 31.6 Å². The maximum atomic E-state index is 12.0. The number of rotatable bonds is 4. The van der Waals surface area contributed by atoms with Crippen molar-refractivity contribution in [1.29, 1.82) is 0 Å². The highest BCUT2D eigenvalue weighted by molar-refractivity contribution is 7.90. The SMILES string of the molecule is Cc1[nH]ncc1CNS(=O)(=O)C1CCNCC1. The molecule has 1 saturated heterocycles. The third-order valence-electron chi connectivity index (χ3n) is 3.12. The number of nitrogens with zero attached hydrogens (tertiary/aromatic N) is 1. The fourth-order valence-corrected chi connectivity index (χ4v) is 3.40. The molecule has 0 unspecified atom stereocenters. The lowest BCUT2D eigenvalue weighted by molar-refractivity contribution is 0.489. The number of aromatic amines is 1. The Balaban J connectivity index is 1.95. The molecule has 1 aromatic heterocycles. The van der Waals surface area contributed by atoms with Crippen LogP contribution >= 0.6 is 0 Å². The molecule has 2 rings (SSSR count). The van der Waals surface area contributed by atoms with Crippen molar-refractivity contribution < 1.29 is 8.42 Å². The summed E-state index contributed by atoms with van der Waals surface area (Å²) in [6.07, 6.45) is 3.01. The predicted molar refractivity (Wildman–Crippen MR) is 65.0 cm³/mol. The van der Waals surface area contributed by atoms with E-state index in [9.17, 15) is 8.42 Å². The second-order valence-corrected chi connectivity index (χ2v) is 6.38. The van der Waals surface area contributed by atoms with Crippen LogP contribution in [0.4, 0.5) is 0 Å². The van der Waals surface area contributed by atoms with Gasteiger partial charge in [0.25, 0.3) is 0 Å². The van der Waals surface area contributed by atoms with Crippen molar-refractivity contribution >= 4 is 10.0 Å². The lowest BCUT2D eigenvalue weighted by Gasteiger charge is -2.22. The zero-order valence-electron chi connectivity index (χ0n) is 9.86. The summed E-state index contributed by atoms with van der Waals surface area (Å²) in [5, 5.41) is 9.55. The zero-order valence-corrected chi connectivity index (χ0v) is 10.7. The Hall–Kier alpha value is -0.920.